The number of hydrogen-bond donors (Lipinski definition) is 0. The van der Waals surface area contributed by atoms with Gasteiger partial charge >= 0.3 is 0 Å². The Bertz CT molecular complexity index is 1050. The van der Waals surface area contributed by atoms with Crippen molar-refractivity contribution in [1.29, 1.82) is 0 Å². The molecule has 0 radical (unpaired) electrons. The Morgan fingerprint density at radius 2 is 1.17 bits per heavy atom. The van der Waals surface area contributed by atoms with Crippen molar-refractivity contribution in [2.45, 2.75) is 24.9 Å². The number of ketones is 1. The van der Waals surface area contributed by atoms with Gasteiger partial charge in [0.1, 0.15) is 11.6 Å². The average molecular weight is 415 g/mol. The Kier molecular flexibility index (Phi) is 6.20. The van der Waals surface area contributed by atoms with Gasteiger partial charge in [0.2, 0.25) is 10.0 Å². The summed E-state index contributed by atoms with van der Waals surface area (Å²) in [5, 5.41) is 0. The van der Waals surface area contributed by atoms with Crippen LogP contribution in [0.25, 0.3) is 0 Å². The topological polar surface area (TPSA) is 54.5 Å². The number of nitrogens with zero attached hydrogens (tertiary/aromatic N) is 1. The minimum atomic E-state index is -3.93. The molecule has 0 saturated heterocycles. The molecule has 0 saturated carbocycles. The Balaban J connectivity index is 1.96. The zero-order chi connectivity index (χ0) is 21.0. The van der Waals surface area contributed by atoms with E-state index in [-0.39, 0.29) is 23.8 Å². The number of carbonyl (C=O) groups is 1. The SMILES string of the molecule is CC(=O)c1ccc(S(=O)(=O)N(Cc2ccc(F)cc2)Cc2ccc(F)cc2)cc1. The van der Waals surface area contributed by atoms with Crippen molar-refractivity contribution in [3.05, 3.63) is 101 Å². The summed E-state index contributed by atoms with van der Waals surface area (Å²) in [6.07, 6.45) is 0. The van der Waals surface area contributed by atoms with Crippen LogP contribution in [0.4, 0.5) is 8.78 Å². The first-order chi connectivity index (χ1) is 13.8. The molecule has 7 heteroatoms. The molecule has 0 aliphatic rings. The van der Waals surface area contributed by atoms with Crippen LogP contribution in [0.5, 0.6) is 0 Å². The van der Waals surface area contributed by atoms with Gasteiger partial charge in [0.25, 0.3) is 0 Å². The van der Waals surface area contributed by atoms with Gasteiger partial charge < -0.3 is 0 Å². The van der Waals surface area contributed by atoms with Crippen molar-refractivity contribution >= 4 is 15.8 Å². The van der Waals surface area contributed by atoms with Crippen LogP contribution in [0, 0.1) is 11.6 Å². The summed E-state index contributed by atoms with van der Waals surface area (Å²) >= 11 is 0. The molecule has 0 spiro atoms. The second-order valence-electron chi connectivity index (χ2n) is 6.61. The molecule has 150 valence electrons. The fourth-order valence-electron chi connectivity index (χ4n) is 2.82. The number of carbonyl (C=O) groups excluding carboxylic acids is 1. The average Bonchev–Trinajstić information content (AvgIpc) is 2.70. The van der Waals surface area contributed by atoms with Gasteiger partial charge in [-0.25, -0.2) is 17.2 Å². The third kappa shape index (κ3) is 5.13. The molecule has 0 heterocycles. The van der Waals surface area contributed by atoms with Crippen molar-refractivity contribution in [2.24, 2.45) is 0 Å². The van der Waals surface area contributed by atoms with Crippen LogP contribution in [0.2, 0.25) is 0 Å². The van der Waals surface area contributed by atoms with Gasteiger partial charge in [0, 0.05) is 18.7 Å². The minimum absolute atomic E-state index is 0.00838. The fraction of sp³-hybridized carbons (Fsp3) is 0.136. The summed E-state index contributed by atoms with van der Waals surface area (Å²) in [6.45, 7) is 1.42. The number of rotatable bonds is 7. The summed E-state index contributed by atoms with van der Waals surface area (Å²) in [4.78, 5) is 11.5. The summed E-state index contributed by atoms with van der Waals surface area (Å²) in [5.74, 6) is -0.994. The van der Waals surface area contributed by atoms with Gasteiger partial charge in [-0.3, -0.25) is 4.79 Å². The standard InChI is InChI=1S/C22H19F2NO3S/c1-16(26)19-6-12-22(13-7-19)29(27,28)25(14-17-2-8-20(23)9-3-17)15-18-4-10-21(24)11-5-18/h2-13H,14-15H2,1H3. The van der Waals surface area contributed by atoms with Crippen LogP contribution in [0.3, 0.4) is 0 Å². The van der Waals surface area contributed by atoms with Crippen LogP contribution in [-0.4, -0.2) is 18.5 Å². The minimum Gasteiger partial charge on any atom is -0.295 e. The monoisotopic (exact) mass is 415 g/mol. The second kappa shape index (κ2) is 8.63. The third-order valence-electron chi connectivity index (χ3n) is 4.44. The van der Waals surface area contributed by atoms with Crippen molar-refractivity contribution in [1.82, 2.24) is 4.31 Å². The first-order valence-electron chi connectivity index (χ1n) is 8.86. The highest BCUT2D eigenvalue weighted by atomic mass is 32.2. The molecule has 3 rings (SSSR count). The van der Waals surface area contributed by atoms with E-state index in [1.165, 1.54) is 84.0 Å². The van der Waals surface area contributed by atoms with Crippen LogP contribution in [-0.2, 0) is 23.1 Å². The highest BCUT2D eigenvalue weighted by Gasteiger charge is 2.25. The fourth-order valence-corrected chi connectivity index (χ4v) is 4.24. The molecular weight excluding hydrogens is 396 g/mol. The molecule has 3 aromatic carbocycles. The lowest BCUT2D eigenvalue weighted by Crippen LogP contribution is -2.30. The van der Waals surface area contributed by atoms with E-state index in [1.807, 2.05) is 0 Å². The maximum Gasteiger partial charge on any atom is 0.243 e. The lowest BCUT2D eigenvalue weighted by molar-refractivity contribution is 0.101. The number of benzene rings is 3. The third-order valence-corrected chi connectivity index (χ3v) is 6.25. The summed E-state index contributed by atoms with van der Waals surface area (Å²) in [7, 11) is -3.93. The molecular formula is C22H19F2NO3S. The Morgan fingerprint density at radius 3 is 1.55 bits per heavy atom. The molecule has 0 aromatic heterocycles. The van der Waals surface area contributed by atoms with Gasteiger partial charge in [-0.15, -0.1) is 0 Å². The number of hydrogen-bond acceptors (Lipinski definition) is 3. The predicted molar refractivity (Wildman–Crippen MR) is 106 cm³/mol. The quantitative estimate of drug-likeness (QED) is 0.532. The zero-order valence-corrected chi connectivity index (χ0v) is 16.5. The summed E-state index contributed by atoms with van der Waals surface area (Å²) < 4.78 is 54.2. The van der Waals surface area contributed by atoms with Gasteiger partial charge in [0.05, 0.1) is 4.90 Å². The Labute approximate surface area is 168 Å². The number of Topliss-reactive ketones (excluding diaryl/α,β-unsaturated/α-hetero) is 1. The lowest BCUT2D eigenvalue weighted by atomic mass is 10.2. The van der Waals surface area contributed by atoms with Gasteiger partial charge in [-0.1, -0.05) is 36.4 Å². The summed E-state index contributed by atoms with van der Waals surface area (Å²) in [5.41, 5.74) is 1.63. The smallest absolute Gasteiger partial charge is 0.243 e. The first kappa shape index (κ1) is 20.8. The van der Waals surface area contributed by atoms with Crippen molar-refractivity contribution in [3.63, 3.8) is 0 Å². The van der Waals surface area contributed by atoms with E-state index in [0.717, 1.165) is 0 Å². The molecule has 0 unspecified atom stereocenters. The molecule has 0 aliphatic carbocycles. The number of sulfonamides is 1. The van der Waals surface area contributed by atoms with E-state index in [2.05, 4.69) is 0 Å². The molecule has 3 aromatic rings. The van der Waals surface area contributed by atoms with Gasteiger partial charge in [-0.05, 0) is 54.4 Å². The van der Waals surface area contributed by atoms with Crippen molar-refractivity contribution in [3.8, 4) is 0 Å². The highest BCUT2D eigenvalue weighted by molar-refractivity contribution is 7.89. The first-order valence-corrected chi connectivity index (χ1v) is 10.3. The molecule has 0 aliphatic heterocycles. The van der Waals surface area contributed by atoms with E-state index >= 15 is 0 Å². The van der Waals surface area contributed by atoms with Crippen molar-refractivity contribution < 1.29 is 22.0 Å². The molecule has 0 atom stereocenters. The predicted octanol–water partition coefficient (Wildman–Crippen LogP) is 4.56. The highest BCUT2D eigenvalue weighted by Crippen LogP contribution is 2.22. The van der Waals surface area contributed by atoms with E-state index in [1.54, 1.807) is 0 Å². The maximum absolute atomic E-state index is 13.2. The summed E-state index contributed by atoms with van der Waals surface area (Å²) in [6, 6.07) is 16.8. The van der Waals surface area contributed by atoms with E-state index in [4.69, 9.17) is 0 Å². The molecule has 0 amide bonds. The normalized spacial score (nSPS) is 11.6. The maximum atomic E-state index is 13.2. The van der Waals surface area contributed by atoms with Gasteiger partial charge in [0.15, 0.2) is 5.78 Å². The van der Waals surface area contributed by atoms with E-state index < -0.39 is 21.7 Å². The second-order valence-corrected chi connectivity index (χ2v) is 8.54. The molecule has 0 fully saturated rings. The van der Waals surface area contributed by atoms with Crippen LogP contribution < -0.4 is 0 Å². The lowest BCUT2D eigenvalue weighted by Gasteiger charge is -2.23. The molecule has 0 bridgehead atoms. The Hall–Kier alpha value is -2.90. The molecule has 29 heavy (non-hydrogen) atoms. The Morgan fingerprint density at radius 1 is 0.759 bits per heavy atom. The van der Waals surface area contributed by atoms with Crippen LogP contribution in [0.1, 0.15) is 28.4 Å². The zero-order valence-electron chi connectivity index (χ0n) is 15.7. The van der Waals surface area contributed by atoms with Crippen LogP contribution >= 0.6 is 0 Å². The van der Waals surface area contributed by atoms with Crippen LogP contribution in [0.15, 0.2) is 77.7 Å². The van der Waals surface area contributed by atoms with Crippen molar-refractivity contribution in [2.75, 3.05) is 0 Å². The van der Waals surface area contributed by atoms with E-state index in [0.29, 0.717) is 16.7 Å². The largest absolute Gasteiger partial charge is 0.295 e. The number of halogens is 2. The molecule has 0 N–H and O–H groups in total. The van der Waals surface area contributed by atoms with E-state index in [9.17, 15) is 22.0 Å². The van der Waals surface area contributed by atoms with Gasteiger partial charge in [-0.2, -0.15) is 4.31 Å². The molecule has 4 nitrogen and oxygen atoms in total.